The molecule has 0 aromatic heterocycles. The van der Waals surface area contributed by atoms with Crippen molar-refractivity contribution in [1.29, 1.82) is 0 Å². The van der Waals surface area contributed by atoms with E-state index in [2.05, 4.69) is 62.3 Å². The zero-order chi connectivity index (χ0) is 15.2. The van der Waals surface area contributed by atoms with E-state index in [0.717, 1.165) is 34.4 Å². The Kier molecular flexibility index (Phi) is 9.31. The van der Waals surface area contributed by atoms with Gasteiger partial charge in [0.2, 0.25) is 0 Å². The predicted octanol–water partition coefficient (Wildman–Crippen LogP) is 6.79. The molecule has 1 heteroatoms. The van der Waals surface area contributed by atoms with Gasteiger partial charge in [0.1, 0.15) is 0 Å². The molecule has 0 saturated heterocycles. The molecular weight excluding hydrogens is 244 g/mol. The van der Waals surface area contributed by atoms with Crippen molar-refractivity contribution in [3.63, 3.8) is 0 Å². The molecule has 0 aliphatic heterocycles. The molecule has 0 amide bonds. The maximum atomic E-state index is 2.56. The molecule has 6 atom stereocenters. The monoisotopic (exact) mass is 283 g/mol. The maximum Gasteiger partial charge on any atom is 0.0578 e. The molecule has 0 nitrogen and oxygen atoms in total. The Bertz CT molecular complexity index is 188. The van der Waals surface area contributed by atoms with Crippen LogP contribution in [-0.2, 0) is 0 Å². The Balaban J connectivity index is 5.12. The summed E-state index contributed by atoms with van der Waals surface area (Å²) in [5.41, 5.74) is 2.84. The van der Waals surface area contributed by atoms with Gasteiger partial charge in [-0.1, -0.05) is 81.6 Å². The lowest BCUT2D eigenvalue weighted by Crippen LogP contribution is -2.36. The lowest BCUT2D eigenvalue weighted by Gasteiger charge is -2.40. The van der Waals surface area contributed by atoms with Gasteiger partial charge in [0.05, 0.1) is 8.80 Å². The smallest absolute Gasteiger partial charge is 0.0578 e. The zero-order valence-electron chi connectivity index (χ0n) is 15.1. The van der Waals surface area contributed by atoms with Crippen molar-refractivity contribution in [2.24, 2.45) is 17.8 Å². The molecule has 115 valence electrons. The van der Waals surface area contributed by atoms with Crippen molar-refractivity contribution in [1.82, 2.24) is 0 Å². The molecule has 0 aromatic rings. The van der Waals surface area contributed by atoms with Crippen molar-refractivity contribution in [3.8, 4) is 0 Å². The first-order valence-electron chi connectivity index (χ1n) is 8.68. The van der Waals surface area contributed by atoms with E-state index in [1.54, 1.807) is 0 Å². The van der Waals surface area contributed by atoms with Crippen LogP contribution < -0.4 is 0 Å². The largest absolute Gasteiger partial charge is 0.0651 e. The summed E-state index contributed by atoms with van der Waals surface area (Å²) < 4.78 is 0. The van der Waals surface area contributed by atoms with Gasteiger partial charge in [0.15, 0.2) is 0 Å². The maximum absolute atomic E-state index is 2.56. The highest BCUT2D eigenvalue weighted by molar-refractivity contribution is 6.63. The van der Waals surface area contributed by atoms with Gasteiger partial charge in [-0.15, -0.1) is 0 Å². The summed E-state index contributed by atoms with van der Waals surface area (Å²) in [5, 5.41) is 0. The Morgan fingerprint density at radius 3 is 0.895 bits per heavy atom. The Hall–Kier alpha value is 0.217. The number of hydrogen-bond acceptors (Lipinski definition) is 0. The van der Waals surface area contributed by atoms with Gasteiger partial charge in [-0.05, 0) is 34.4 Å². The number of rotatable bonds is 9. The fourth-order valence-corrected chi connectivity index (χ4v) is 8.46. The van der Waals surface area contributed by atoms with Gasteiger partial charge in [0, 0.05) is 0 Å². The SMILES string of the molecule is CCC(C)C(C)[Si](C(C)C(C)CC)C(C)C(C)CC. The molecule has 1 radical (unpaired) electrons. The summed E-state index contributed by atoms with van der Waals surface area (Å²) in [5.74, 6) is 2.69. The first-order valence-corrected chi connectivity index (χ1v) is 10.4. The van der Waals surface area contributed by atoms with E-state index >= 15 is 0 Å². The van der Waals surface area contributed by atoms with Gasteiger partial charge >= 0.3 is 0 Å². The van der Waals surface area contributed by atoms with E-state index in [4.69, 9.17) is 0 Å². The predicted molar refractivity (Wildman–Crippen MR) is 92.4 cm³/mol. The van der Waals surface area contributed by atoms with E-state index in [9.17, 15) is 0 Å². The minimum atomic E-state index is -0.311. The Labute approximate surface area is 125 Å². The van der Waals surface area contributed by atoms with Crippen LogP contribution in [0.5, 0.6) is 0 Å². The van der Waals surface area contributed by atoms with Crippen LogP contribution in [0.15, 0.2) is 0 Å². The molecule has 0 saturated carbocycles. The molecule has 0 aromatic carbocycles. The van der Waals surface area contributed by atoms with Crippen LogP contribution in [0.1, 0.15) is 81.6 Å². The standard InChI is InChI=1S/C18H39Si/c1-10-13(4)16(7)19(17(8)14(5)11-2)18(9)15(6)12-3/h13-18H,10-12H2,1-9H3. The highest BCUT2D eigenvalue weighted by atomic mass is 28.3. The van der Waals surface area contributed by atoms with Crippen LogP contribution in [-0.4, -0.2) is 8.80 Å². The van der Waals surface area contributed by atoms with Gasteiger partial charge in [-0.25, -0.2) is 0 Å². The average Bonchev–Trinajstić information content (AvgIpc) is 2.43. The Morgan fingerprint density at radius 1 is 0.526 bits per heavy atom. The van der Waals surface area contributed by atoms with E-state index < -0.39 is 0 Å². The molecule has 0 fully saturated rings. The molecule has 0 N–H and O–H groups in total. The molecule has 0 heterocycles. The van der Waals surface area contributed by atoms with Crippen LogP contribution in [0.2, 0.25) is 16.6 Å². The lowest BCUT2D eigenvalue weighted by molar-refractivity contribution is 0.458. The van der Waals surface area contributed by atoms with Gasteiger partial charge in [-0.2, -0.15) is 0 Å². The van der Waals surface area contributed by atoms with Gasteiger partial charge < -0.3 is 0 Å². The minimum absolute atomic E-state index is 0.311. The third-order valence-electron chi connectivity index (χ3n) is 6.07. The van der Waals surface area contributed by atoms with Crippen LogP contribution in [0.25, 0.3) is 0 Å². The molecule has 0 spiro atoms. The second-order valence-electron chi connectivity index (χ2n) is 7.02. The lowest BCUT2D eigenvalue weighted by atomic mass is 10.0. The molecule has 0 aliphatic rings. The van der Waals surface area contributed by atoms with E-state index in [-0.39, 0.29) is 8.80 Å². The highest BCUT2D eigenvalue weighted by Crippen LogP contribution is 2.43. The zero-order valence-corrected chi connectivity index (χ0v) is 16.1. The summed E-state index contributed by atoms with van der Waals surface area (Å²) in [6.45, 7) is 22.2. The van der Waals surface area contributed by atoms with Crippen LogP contribution in [0.4, 0.5) is 0 Å². The topological polar surface area (TPSA) is 0 Å². The van der Waals surface area contributed by atoms with Crippen LogP contribution >= 0.6 is 0 Å². The van der Waals surface area contributed by atoms with Crippen molar-refractivity contribution in [2.45, 2.75) is 98.2 Å². The van der Waals surface area contributed by atoms with Crippen molar-refractivity contribution in [2.75, 3.05) is 0 Å². The molecule has 6 unspecified atom stereocenters. The number of hydrogen-bond donors (Lipinski definition) is 0. The van der Waals surface area contributed by atoms with E-state index in [0.29, 0.717) is 0 Å². The normalized spacial score (nSPS) is 21.8. The summed E-state index contributed by atoms with van der Waals surface area (Å²) in [6, 6.07) is 0. The first kappa shape index (κ1) is 19.2. The van der Waals surface area contributed by atoms with E-state index in [1.807, 2.05) is 0 Å². The van der Waals surface area contributed by atoms with Crippen molar-refractivity contribution < 1.29 is 0 Å². The summed E-state index contributed by atoms with van der Waals surface area (Å²) in [7, 11) is -0.311. The highest BCUT2D eigenvalue weighted by Gasteiger charge is 2.36. The second-order valence-corrected chi connectivity index (χ2v) is 10.8. The van der Waals surface area contributed by atoms with E-state index in [1.165, 1.54) is 19.3 Å². The third kappa shape index (κ3) is 5.25. The van der Waals surface area contributed by atoms with Crippen molar-refractivity contribution in [3.05, 3.63) is 0 Å². The van der Waals surface area contributed by atoms with Gasteiger partial charge in [0.25, 0.3) is 0 Å². The fourth-order valence-electron chi connectivity index (χ4n) is 3.29. The molecule has 19 heavy (non-hydrogen) atoms. The van der Waals surface area contributed by atoms with Crippen LogP contribution in [0.3, 0.4) is 0 Å². The summed E-state index contributed by atoms with van der Waals surface area (Å²) >= 11 is 0. The molecular formula is C18H39Si. The quantitative estimate of drug-likeness (QED) is 0.409. The first-order chi connectivity index (χ1) is 8.81. The fraction of sp³-hybridized carbons (Fsp3) is 1.00. The Morgan fingerprint density at radius 2 is 0.737 bits per heavy atom. The van der Waals surface area contributed by atoms with Crippen LogP contribution in [0, 0.1) is 17.8 Å². The summed E-state index contributed by atoms with van der Waals surface area (Å²) in [6.07, 6.45) is 4.03. The molecule has 0 bridgehead atoms. The molecule has 0 aliphatic carbocycles. The van der Waals surface area contributed by atoms with Crippen molar-refractivity contribution >= 4 is 8.80 Å². The summed E-state index contributed by atoms with van der Waals surface area (Å²) in [4.78, 5) is 0. The third-order valence-corrected chi connectivity index (χ3v) is 10.9. The minimum Gasteiger partial charge on any atom is -0.0651 e. The molecule has 0 rings (SSSR count). The average molecular weight is 284 g/mol. The second kappa shape index (κ2) is 9.21. The van der Waals surface area contributed by atoms with Gasteiger partial charge in [-0.3, -0.25) is 0 Å².